The van der Waals surface area contributed by atoms with Gasteiger partial charge < -0.3 is 4.40 Å². The number of para-hydroxylation sites is 3. The van der Waals surface area contributed by atoms with Crippen LogP contribution in [0.4, 0.5) is 0 Å². The molecule has 0 amide bonds. The van der Waals surface area contributed by atoms with Gasteiger partial charge in [0.05, 0.1) is 43.5 Å². The predicted octanol–water partition coefficient (Wildman–Crippen LogP) is 13.1. The van der Waals surface area contributed by atoms with E-state index in [9.17, 15) is 0 Å². The Bertz CT molecular complexity index is 3650. The third-order valence-electron chi connectivity index (χ3n) is 11.1. The van der Waals surface area contributed by atoms with Gasteiger partial charge in [-0.3, -0.25) is 4.57 Å². The van der Waals surface area contributed by atoms with Crippen LogP contribution in [0, 0.1) is 0 Å². The van der Waals surface area contributed by atoms with E-state index in [-0.39, 0.29) is 0 Å². The Kier molecular flexibility index (Phi) is 5.11. The summed E-state index contributed by atoms with van der Waals surface area (Å²) in [6.07, 6.45) is 0. The summed E-state index contributed by atoms with van der Waals surface area (Å²) in [6, 6.07) is 52.9. The maximum atomic E-state index is 5.60. The number of fused-ring (bicyclic) bond motifs is 16. The molecule has 0 saturated heterocycles. The summed E-state index contributed by atoms with van der Waals surface area (Å²) in [7, 11) is 0. The van der Waals surface area contributed by atoms with Crippen LogP contribution >= 0.6 is 22.7 Å². The maximum absolute atomic E-state index is 5.60. The van der Waals surface area contributed by atoms with E-state index in [1.54, 1.807) is 11.3 Å². The van der Waals surface area contributed by atoms with E-state index in [2.05, 4.69) is 155 Å². The number of rotatable bonds is 2. The molecular weight excluding hydrogens is 673 g/mol. The molecule has 6 heterocycles. The van der Waals surface area contributed by atoms with Gasteiger partial charge in [-0.05, 0) is 36.4 Å². The average molecular weight is 697 g/mol. The summed E-state index contributed by atoms with van der Waals surface area (Å²) in [5.74, 6) is 0.691. The number of aromatic nitrogens is 4. The molecule has 0 aliphatic rings. The molecule has 0 spiro atoms. The highest BCUT2D eigenvalue weighted by Crippen LogP contribution is 2.47. The summed E-state index contributed by atoms with van der Waals surface area (Å²) in [6.45, 7) is 0. The summed E-state index contributed by atoms with van der Waals surface area (Å²) in [5.41, 5.74) is 9.09. The molecule has 0 unspecified atom stereocenters. The maximum Gasteiger partial charge on any atom is 0.235 e. The van der Waals surface area contributed by atoms with Crippen LogP contribution in [0.5, 0.6) is 0 Å². The molecule has 0 aliphatic heterocycles. The molecule has 0 saturated carbocycles. The van der Waals surface area contributed by atoms with Crippen LogP contribution in [-0.2, 0) is 0 Å². The van der Waals surface area contributed by atoms with E-state index in [1.807, 2.05) is 11.3 Å². The van der Waals surface area contributed by atoms with E-state index in [4.69, 9.17) is 9.97 Å². The molecule has 52 heavy (non-hydrogen) atoms. The highest BCUT2D eigenvalue weighted by molar-refractivity contribution is 7.27. The van der Waals surface area contributed by atoms with E-state index in [1.165, 1.54) is 73.7 Å². The normalized spacial score (nSPS) is 12.6. The van der Waals surface area contributed by atoms with Crippen molar-refractivity contribution in [2.75, 3.05) is 0 Å². The second-order valence-corrected chi connectivity index (χ2v) is 15.8. The van der Waals surface area contributed by atoms with E-state index < -0.39 is 0 Å². The number of thiophene rings is 2. The fraction of sp³-hybridized carbons (Fsp3) is 0. The number of hydrogen-bond acceptors (Lipinski definition) is 4. The van der Waals surface area contributed by atoms with Gasteiger partial charge in [0.25, 0.3) is 0 Å². The fourth-order valence-corrected chi connectivity index (χ4v) is 11.4. The Labute approximate surface area is 303 Å². The van der Waals surface area contributed by atoms with Crippen LogP contribution in [0.3, 0.4) is 0 Å². The fourth-order valence-electron chi connectivity index (χ4n) is 8.99. The first-order chi connectivity index (χ1) is 25.8. The van der Waals surface area contributed by atoms with Gasteiger partial charge in [-0.2, -0.15) is 0 Å². The SMILES string of the molecule is c1ccc2c(c1)sc1c(-c3nc(-n4c5ccccc5c5c6c7cccc8c9ccccc9n(c6ccc54)c87)nc4c3sc3ccccc34)cccc12. The van der Waals surface area contributed by atoms with Gasteiger partial charge in [-0.15, -0.1) is 22.7 Å². The van der Waals surface area contributed by atoms with Crippen LogP contribution < -0.4 is 0 Å². The van der Waals surface area contributed by atoms with E-state index in [0.29, 0.717) is 5.95 Å². The number of hydrogen-bond donors (Lipinski definition) is 0. The van der Waals surface area contributed by atoms with Crippen molar-refractivity contribution < 1.29 is 0 Å². The van der Waals surface area contributed by atoms with Crippen molar-refractivity contribution in [3.05, 3.63) is 146 Å². The molecule has 6 heteroatoms. The molecule has 13 rings (SSSR count). The van der Waals surface area contributed by atoms with Crippen molar-refractivity contribution in [2.45, 2.75) is 0 Å². The van der Waals surface area contributed by atoms with Gasteiger partial charge in [-0.1, -0.05) is 109 Å². The third kappa shape index (κ3) is 3.32. The van der Waals surface area contributed by atoms with E-state index in [0.717, 1.165) is 37.9 Å². The predicted molar refractivity (Wildman–Crippen MR) is 222 cm³/mol. The zero-order chi connectivity index (χ0) is 33.7. The molecule has 0 fully saturated rings. The molecule has 0 radical (unpaired) electrons. The van der Waals surface area contributed by atoms with Gasteiger partial charge in [0, 0.05) is 68.1 Å². The summed E-state index contributed by atoms with van der Waals surface area (Å²) < 4.78 is 9.65. The lowest BCUT2D eigenvalue weighted by molar-refractivity contribution is 1.02. The van der Waals surface area contributed by atoms with Crippen molar-refractivity contribution in [3.8, 4) is 17.2 Å². The van der Waals surface area contributed by atoms with E-state index >= 15 is 0 Å². The largest absolute Gasteiger partial charge is 0.308 e. The smallest absolute Gasteiger partial charge is 0.235 e. The van der Waals surface area contributed by atoms with Crippen LogP contribution in [0.2, 0.25) is 0 Å². The van der Waals surface area contributed by atoms with Crippen molar-refractivity contribution >= 4 is 123 Å². The Morgan fingerprint density at radius 1 is 0.404 bits per heavy atom. The lowest BCUT2D eigenvalue weighted by Crippen LogP contribution is -2.02. The Morgan fingerprint density at radius 2 is 1.02 bits per heavy atom. The molecule has 7 aromatic carbocycles. The molecule has 0 N–H and O–H groups in total. The molecule has 4 nitrogen and oxygen atoms in total. The van der Waals surface area contributed by atoms with Gasteiger partial charge in [0.1, 0.15) is 0 Å². The van der Waals surface area contributed by atoms with Gasteiger partial charge >= 0.3 is 0 Å². The van der Waals surface area contributed by atoms with Crippen molar-refractivity contribution in [3.63, 3.8) is 0 Å². The number of benzene rings is 7. The Morgan fingerprint density at radius 3 is 1.90 bits per heavy atom. The summed E-state index contributed by atoms with van der Waals surface area (Å²) >= 11 is 3.64. The quantitative estimate of drug-likeness (QED) is 0.180. The van der Waals surface area contributed by atoms with Gasteiger partial charge in [0.15, 0.2) is 0 Å². The lowest BCUT2D eigenvalue weighted by atomic mass is 10.0. The topological polar surface area (TPSA) is 35.1 Å². The third-order valence-corrected chi connectivity index (χ3v) is 13.5. The number of nitrogens with zero attached hydrogens (tertiary/aromatic N) is 4. The Hall–Kier alpha value is -6.34. The van der Waals surface area contributed by atoms with Gasteiger partial charge in [0.2, 0.25) is 5.95 Å². The average Bonchev–Trinajstić information content (AvgIpc) is 4.00. The molecular formula is C46H24N4S2. The molecule has 0 aliphatic carbocycles. The Balaban J connectivity index is 1.19. The van der Waals surface area contributed by atoms with Crippen molar-refractivity contribution in [1.29, 1.82) is 0 Å². The first kappa shape index (κ1) is 27.4. The first-order valence-electron chi connectivity index (χ1n) is 17.5. The van der Waals surface area contributed by atoms with Gasteiger partial charge in [-0.25, -0.2) is 9.97 Å². The summed E-state index contributed by atoms with van der Waals surface area (Å²) in [4.78, 5) is 11.1. The lowest BCUT2D eigenvalue weighted by Gasteiger charge is -2.11. The monoisotopic (exact) mass is 696 g/mol. The zero-order valence-electron chi connectivity index (χ0n) is 27.5. The highest BCUT2D eigenvalue weighted by Gasteiger charge is 2.25. The second-order valence-electron chi connectivity index (χ2n) is 13.7. The molecule has 0 atom stereocenters. The van der Waals surface area contributed by atoms with Crippen LogP contribution in [0.15, 0.2) is 146 Å². The van der Waals surface area contributed by atoms with Crippen LogP contribution in [0.1, 0.15) is 0 Å². The second kappa shape index (κ2) is 9.70. The standard InChI is InChI=1S/C46H24N4S2/c1-5-19-33-25(11-1)27-15-9-17-31-40-35(49(33)43(27)31)23-24-36-39(40)29-13-2-6-20-34(29)50(36)46-47-41-30-14-4-8-22-38(30)52-45(41)42(48-46)32-18-10-16-28-26-12-3-7-21-37(26)51-44(28)32/h1-24H. The first-order valence-corrected chi connectivity index (χ1v) is 19.1. The van der Waals surface area contributed by atoms with Crippen LogP contribution in [-0.4, -0.2) is 18.9 Å². The zero-order valence-corrected chi connectivity index (χ0v) is 29.1. The molecule has 240 valence electrons. The molecule has 13 aromatic rings. The van der Waals surface area contributed by atoms with Crippen molar-refractivity contribution in [1.82, 2.24) is 18.9 Å². The molecule has 0 bridgehead atoms. The minimum absolute atomic E-state index is 0.691. The van der Waals surface area contributed by atoms with Crippen LogP contribution in [0.25, 0.3) is 118 Å². The summed E-state index contributed by atoms with van der Waals surface area (Å²) in [5, 5.41) is 11.3. The molecule has 6 aromatic heterocycles. The minimum atomic E-state index is 0.691. The minimum Gasteiger partial charge on any atom is -0.308 e. The highest BCUT2D eigenvalue weighted by atomic mass is 32.1. The van der Waals surface area contributed by atoms with Crippen molar-refractivity contribution in [2.24, 2.45) is 0 Å².